The zero-order valence-corrected chi connectivity index (χ0v) is 15.7. The van der Waals surface area contributed by atoms with E-state index in [4.69, 9.17) is 4.74 Å². The highest BCUT2D eigenvalue weighted by atomic mass is 16.5. The summed E-state index contributed by atoms with van der Waals surface area (Å²) >= 11 is 0. The van der Waals surface area contributed by atoms with Crippen molar-refractivity contribution >= 4 is 18.0 Å². The van der Waals surface area contributed by atoms with Crippen LogP contribution in [0.4, 0.5) is 5.82 Å². The highest BCUT2D eigenvalue weighted by Crippen LogP contribution is 2.26. The summed E-state index contributed by atoms with van der Waals surface area (Å²) in [4.78, 5) is 16.4. The SMILES string of the molecule is CCOC(=O)C(/C=N/c1cc(-c2ccccc2)nn1-c1ccccc1)=C(\C)O. The van der Waals surface area contributed by atoms with Gasteiger partial charge in [0.25, 0.3) is 0 Å². The van der Waals surface area contributed by atoms with E-state index in [1.54, 1.807) is 11.6 Å². The fourth-order valence-corrected chi connectivity index (χ4v) is 2.61. The third kappa shape index (κ3) is 4.35. The maximum absolute atomic E-state index is 12.0. The van der Waals surface area contributed by atoms with Crippen LogP contribution in [0.15, 0.2) is 83.1 Å². The van der Waals surface area contributed by atoms with Gasteiger partial charge in [-0.1, -0.05) is 48.5 Å². The molecule has 0 aliphatic carbocycles. The van der Waals surface area contributed by atoms with E-state index >= 15 is 0 Å². The van der Waals surface area contributed by atoms with Crippen molar-refractivity contribution in [3.63, 3.8) is 0 Å². The lowest BCUT2D eigenvalue weighted by molar-refractivity contribution is -0.138. The number of nitrogens with zero attached hydrogens (tertiary/aromatic N) is 3. The molecule has 6 heteroatoms. The molecule has 6 nitrogen and oxygen atoms in total. The molecule has 1 N–H and O–H groups in total. The lowest BCUT2D eigenvalue weighted by Gasteiger charge is -2.05. The fourth-order valence-electron chi connectivity index (χ4n) is 2.61. The van der Waals surface area contributed by atoms with Gasteiger partial charge in [-0.3, -0.25) is 0 Å². The zero-order chi connectivity index (χ0) is 19.9. The lowest BCUT2D eigenvalue weighted by atomic mass is 10.2. The second kappa shape index (κ2) is 8.81. The molecule has 0 spiro atoms. The van der Waals surface area contributed by atoms with Gasteiger partial charge in [0.15, 0.2) is 5.82 Å². The standard InChI is InChI=1S/C22H21N3O3/c1-3-28-22(27)19(16(2)26)15-23-21-14-20(17-10-6-4-7-11-17)24-25(21)18-12-8-5-9-13-18/h4-15,26H,3H2,1-2H3/b19-16+,23-15+. The third-order valence-corrected chi connectivity index (χ3v) is 3.97. The molecule has 142 valence electrons. The molecule has 0 unspecified atom stereocenters. The molecule has 0 amide bonds. The molecule has 1 heterocycles. The normalized spacial score (nSPS) is 12.1. The van der Waals surface area contributed by atoms with E-state index in [0.717, 1.165) is 16.9 Å². The molecule has 0 bridgehead atoms. The number of benzene rings is 2. The predicted octanol–water partition coefficient (Wildman–Crippen LogP) is 4.64. The number of ether oxygens (including phenoxy) is 1. The van der Waals surface area contributed by atoms with Crippen molar-refractivity contribution in [1.29, 1.82) is 0 Å². The largest absolute Gasteiger partial charge is 0.512 e. The molecule has 0 aliphatic rings. The number of aliphatic hydroxyl groups excluding tert-OH is 1. The number of allylic oxidation sites excluding steroid dienone is 1. The Hall–Kier alpha value is -3.67. The number of aliphatic imine (C=N–C) groups is 1. The van der Waals surface area contributed by atoms with E-state index in [9.17, 15) is 9.90 Å². The Morgan fingerprint density at radius 1 is 1.14 bits per heavy atom. The number of esters is 1. The summed E-state index contributed by atoms with van der Waals surface area (Å²) in [5.41, 5.74) is 2.54. The molecule has 0 atom stereocenters. The van der Waals surface area contributed by atoms with Gasteiger partial charge in [0.05, 0.1) is 18.0 Å². The van der Waals surface area contributed by atoms with Crippen LogP contribution < -0.4 is 0 Å². The summed E-state index contributed by atoms with van der Waals surface area (Å²) in [6.07, 6.45) is 1.30. The first-order valence-corrected chi connectivity index (χ1v) is 8.92. The fraction of sp³-hybridized carbons (Fsp3) is 0.136. The zero-order valence-electron chi connectivity index (χ0n) is 15.7. The highest BCUT2D eigenvalue weighted by Gasteiger charge is 2.14. The molecular weight excluding hydrogens is 354 g/mol. The van der Waals surface area contributed by atoms with Gasteiger partial charge >= 0.3 is 5.97 Å². The number of carbonyl (C=O) groups is 1. The minimum absolute atomic E-state index is 0.00363. The third-order valence-electron chi connectivity index (χ3n) is 3.97. The van der Waals surface area contributed by atoms with Gasteiger partial charge in [-0.05, 0) is 26.0 Å². The Morgan fingerprint density at radius 2 is 1.79 bits per heavy atom. The Labute approximate surface area is 163 Å². The lowest BCUT2D eigenvalue weighted by Crippen LogP contribution is -2.10. The maximum Gasteiger partial charge on any atom is 0.343 e. The van der Waals surface area contributed by atoms with E-state index in [0.29, 0.717) is 5.82 Å². The van der Waals surface area contributed by atoms with Crippen LogP contribution in [0.5, 0.6) is 0 Å². The van der Waals surface area contributed by atoms with Crippen molar-refractivity contribution in [1.82, 2.24) is 9.78 Å². The first kappa shape index (κ1) is 19.1. The van der Waals surface area contributed by atoms with E-state index in [-0.39, 0.29) is 17.9 Å². The Kier molecular flexibility index (Phi) is 6.01. The van der Waals surface area contributed by atoms with Gasteiger partial charge < -0.3 is 9.84 Å². The molecule has 0 aliphatic heterocycles. The van der Waals surface area contributed by atoms with Crippen LogP contribution in [0, 0.1) is 0 Å². The van der Waals surface area contributed by atoms with Crippen LogP contribution in [0.1, 0.15) is 13.8 Å². The van der Waals surface area contributed by atoms with E-state index in [1.807, 2.05) is 66.7 Å². The van der Waals surface area contributed by atoms with Crippen molar-refractivity contribution in [2.45, 2.75) is 13.8 Å². The monoisotopic (exact) mass is 375 g/mol. The number of hydrogen-bond acceptors (Lipinski definition) is 5. The number of para-hydroxylation sites is 1. The summed E-state index contributed by atoms with van der Waals surface area (Å²) in [5, 5.41) is 14.5. The van der Waals surface area contributed by atoms with Crippen LogP contribution in [-0.4, -0.2) is 33.7 Å². The average molecular weight is 375 g/mol. The van der Waals surface area contributed by atoms with Gasteiger partial charge in [0, 0.05) is 17.8 Å². The number of rotatable bonds is 6. The highest BCUT2D eigenvalue weighted by molar-refractivity contribution is 6.10. The van der Waals surface area contributed by atoms with Crippen molar-refractivity contribution in [3.8, 4) is 16.9 Å². The summed E-state index contributed by atoms with van der Waals surface area (Å²) < 4.78 is 6.66. The number of aromatic nitrogens is 2. The molecule has 3 aromatic rings. The number of carbonyl (C=O) groups excluding carboxylic acids is 1. The summed E-state index contributed by atoms with van der Waals surface area (Å²) in [6, 6.07) is 21.2. The van der Waals surface area contributed by atoms with Crippen LogP contribution in [-0.2, 0) is 9.53 Å². The van der Waals surface area contributed by atoms with Crippen molar-refractivity contribution in [2.24, 2.45) is 4.99 Å². The molecule has 0 saturated heterocycles. The Morgan fingerprint density at radius 3 is 2.39 bits per heavy atom. The van der Waals surface area contributed by atoms with Gasteiger partial charge in [0.2, 0.25) is 0 Å². The molecular formula is C22H21N3O3. The minimum Gasteiger partial charge on any atom is -0.512 e. The van der Waals surface area contributed by atoms with Crippen molar-refractivity contribution < 1.29 is 14.6 Å². The summed E-state index contributed by atoms with van der Waals surface area (Å²) in [6.45, 7) is 3.34. The molecule has 1 aromatic heterocycles. The van der Waals surface area contributed by atoms with Gasteiger partial charge in [-0.2, -0.15) is 5.10 Å². The first-order valence-electron chi connectivity index (χ1n) is 8.92. The average Bonchev–Trinajstić information content (AvgIpc) is 3.14. The molecule has 3 rings (SSSR count). The topological polar surface area (TPSA) is 76.7 Å². The first-order chi connectivity index (χ1) is 13.6. The molecule has 2 aromatic carbocycles. The Bertz CT molecular complexity index is 1000. The number of aliphatic hydroxyl groups is 1. The van der Waals surface area contributed by atoms with Gasteiger partial charge in [-0.25, -0.2) is 14.5 Å². The second-order valence-corrected chi connectivity index (χ2v) is 5.98. The van der Waals surface area contributed by atoms with Crippen molar-refractivity contribution in [3.05, 3.63) is 78.1 Å². The van der Waals surface area contributed by atoms with Crippen LogP contribution in [0.3, 0.4) is 0 Å². The molecule has 0 saturated carbocycles. The van der Waals surface area contributed by atoms with E-state index in [2.05, 4.69) is 10.1 Å². The second-order valence-electron chi connectivity index (χ2n) is 5.98. The maximum atomic E-state index is 12.0. The van der Waals surface area contributed by atoms with Crippen LogP contribution >= 0.6 is 0 Å². The quantitative estimate of drug-likeness (QED) is 0.295. The molecule has 0 fully saturated rings. The van der Waals surface area contributed by atoms with E-state index in [1.165, 1.54) is 13.1 Å². The van der Waals surface area contributed by atoms with Gasteiger partial charge in [-0.15, -0.1) is 0 Å². The van der Waals surface area contributed by atoms with Crippen molar-refractivity contribution in [2.75, 3.05) is 6.61 Å². The molecule has 28 heavy (non-hydrogen) atoms. The number of hydrogen-bond donors (Lipinski definition) is 1. The van der Waals surface area contributed by atoms with Crippen LogP contribution in [0.2, 0.25) is 0 Å². The van der Waals surface area contributed by atoms with Gasteiger partial charge in [0.1, 0.15) is 11.3 Å². The minimum atomic E-state index is -0.625. The smallest absolute Gasteiger partial charge is 0.343 e. The Balaban J connectivity index is 2.05. The summed E-state index contributed by atoms with van der Waals surface area (Å²) in [5.74, 6) is -0.260. The predicted molar refractivity (Wildman–Crippen MR) is 109 cm³/mol. The van der Waals surface area contributed by atoms with E-state index < -0.39 is 5.97 Å². The molecule has 0 radical (unpaired) electrons. The van der Waals surface area contributed by atoms with Crippen LogP contribution in [0.25, 0.3) is 16.9 Å². The summed E-state index contributed by atoms with van der Waals surface area (Å²) in [7, 11) is 0.